The Balaban J connectivity index is 2.01. The molecule has 0 aliphatic carbocycles. The van der Waals surface area contributed by atoms with Crippen molar-refractivity contribution in [2.24, 2.45) is 0 Å². The SMILES string of the molecule is Nc1ccc(C(=O)OCc2ccc(Cl)s2)cc1Cl. The molecule has 2 N–H and O–H groups in total. The van der Waals surface area contributed by atoms with E-state index in [2.05, 4.69) is 0 Å². The lowest BCUT2D eigenvalue weighted by molar-refractivity contribution is 0.0477. The molecule has 0 amide bonds. The Bertz CT molecular complexity index is 583. The van der Waals surface area contributed by atoms with Crippen LogP contribution in [0.1, 0.15) is 15.2 Å². The predicted octanol–water partition coefficient (Wildman–Crippen LogP) is 3.99. The fourth-order valence-electron chi connectivity index (χ4n) is 1.30. The van der Waals surface area contributed by atoms with Crippen LogP contribution in [0.3, 0.4) is 0 Å². The highest BCUT2D eigenvalue weighted by atomic mass is 35.5. The van der Waals surface area contributed by atoms with Gasteiger partial charge in [0, 0.05) is 4.88 Å². The maximum atomic E-state index is 11.7. The normalized spacial score (nSPS) is 10.3. The Morgan fingerprint density at radius 1 is 1.28 bits per heavy atom. The quantitative estimate of drug-likeness (QED) is 0.689. The van der Waals surface area contributed by atoms with Crippen LogP contribution in [0.15, 0.2) is 30.3 Å². The van der Waals surface area contributed by atoms with E-state index in [9.17, 15) is 4.79 Å². The van der Waals surface area contributed by atoms with Gasteiger partial charge >= 0.3 is 5.97 Å². The van der Waals surface area contributed by atoms with Gasteiger partial charge in [-0.15, -0.1) is 11.3 Å². The van der Waals surface area contributed by atoms with Gasteiger partial charge in [0.15, 0.2) is 0 Å². The van der Waals surface area contributed by atoms with Crippen molar-refractivity contribution in [2.45, 2.75) is 6.61 Å². The number of ether oxygens (including phenoxy) is 1. The summed E-state index contributed by atoms with van der Waals surface area (Å²) in [6.45, 7) is 0.193. The second-order valence-corrected chi connectivity index (χ2v) is 5.73. The van der Waals surface area contributed by atoms with Crippen molar-refractivity contribution in [3.8, 4) is 0 Å². The summed E-state index contributed by atoms with van der Waals surface area (Å²) in [7, 11) is 0. The number of nitrogen functional groups attached to an aromatic ring is 1. The number of carbonyl (C=O) groups is 1. The molecule has 0 atom stereocenters. The molecule has 0 unspecified atom stereocenters. The first-order valence-electron chi connectivity index (χ1n) is 5.02. The molecular formula is C12H9Cl2NO2S. The number of benzene rings is 1. The van der Waals surface area contributed by atoms with E-state index in [-0.39, 0.29) is 6.61 Å². The summed E-state index contributed by atoms with van der Waals surface area (Å²) in [5.74, 6) is -0.443. The van der Waals surface area contributed by atoms with Gasteiger partial charge in [-0.05, 0) is 30.3 Å². The number of rotatable bonds is 3. The minimum absolute atomic E-state index is 0.193. The molecule has 0 spiro atoms. The number of carbonyl (C=O) groups excluding carboxylic acids is 1. The summed E-state index contributed by atoms with van der Waals surface area (Å²) in [4.78, 5) is 12.6. The largest absolute Gasteiger partial charge is 0.456 e. The Kier molecular flexibility index (Phi) is 4.11. The Morgan fingerprint density at radius 2 is 2.06 bits per heavy atom. The number of anilines is 1. The van der Waals surface area contributed by atoms with Crippen LogP contribution >= 0.6 is 34.5 Å². The highest BCUT2D eigenvalue weighted by molar-refractivity contribution is 7.16. The van der Waals surface area contributed by atoms with Crippen molar-refractivity contribution < 1.29 is 9.53 Å². The lowest BCUT2D eigenvalue weighted by Crippen LogP contribution is -2.04. The van der Waals surface area contributed by atoms with Crippen molar-refractivity contribution >= 4 is 46.2 Å². The van der Waals surface area contributed by atoms with Crippen molar-refractivity contribution in [3.63, 3.8) is 0 Å². The minimum Gasteiger partial charge on any atom is -0.456 e. The van der Waals surface area contributed by atoms with Gasteiger partial charge < -0.3 is 10.5 Å². The molecule has 0 aliphatic rings. The summed E-state index contributed by atoms with van der Waals surface area (Å²) in [6.07, 6.45) is 0. The highest BCUT2D eigenvalue weighted by Gasteiger charge is 2.10. The van der Waals surface area contributed by atoms with Gasteiger partial charge in [0.1, 0.15) is 6.61 Å². The fraction of sp³-hybridized carbons (Fsp3) is 0.0833. The van der Waals surface area contributed by atoms with E-state index in [0.29, 0.717) is 20.6 Å². The average Bonchev–Trinajstić information content (AvgIpc) is 2.75. The minimum atomic E-state index is -0.443. The smallest absolute Gasteiger partial charge is 0.338 e. The molecule has 3 nitrogen and oxygen atoms in total. The van der Waals surface area contributed by atoms with Gasteiger partial charge in [-0.2, -0.15) is 0 Å². The van der Waals surface area contributed by atoms with Crippen LogP contribution in [0.4, 0.5) is 5.69 Å². The van der Waals surface area contributed by atoms with Crippen molar-refractivity contribution in [3.05, 3.63) is 50.1 Å². The molecule has 0 saturated carbocycles. The number of nitrogens with two attached hydrogens (primary N) is 1. The molecule has 2 rings (SSSR count). The second-order valence-electron chi connectivity index (χ2n) is 3.52. The first kappa shape index (κ1) is 13.2. The molecule has 18 heavy (non-hydrogen) atoms. The Labute approximate surface area is 118 Å². The molecule has 1 heterocycles. The predicted molar refractivity (Wildman–Crippen MR) is 74.3 cm³/mol. The van der Waals surface area contributed by atoms with Gasteiger partial charge in [-0.25, -0.2) is 4.79 Å². The molecule has 0 bridgehead atoms. The van der Waals surface area contributed by atoms with Crippen molar-refractivity contribution in [2.75, 3.05) is 5.73 Å². The van der Waals surface area contributed by atoms with Crippen LogP contribution in [0.5, 0.6) is 0 Å². The van der Waals surface area contributed by atoms with Crippen molar-refractivity contribution in [1.82, 2.24) is 0 Å². The Hall–Kier alpha value is -1.23. The van der Waals surface area contributed by atoms with E-state index in [1.807, 2.05) is 6.07 Å². The number of halogens is 2. The zero-order valence-electron chi connectivity index (χ0n) is 9.15. The summed E-state index contributed by atoms with van der Waals surface area (Å²) in [5, 5.41) is 0.337. The first-order chi connectivity index (χ1) is 8.56. The molecule has 1 aromatic carbocycles. The fourth-order valence-corrected chi connectivity index (χ4v) is 2.48. The molecule has 2 aromatic rings. The van der Waals surface area contributed by atoms with Gasteiger partial charge in [-0.1, -0.05) is 23.2 Å². The highest BCUT2D eigenvalue weighted by Crippen LogP contribution is 2.23. The number of hydrogen-bond acceptors (Lipinski definition) is 4. The monoisotopic (exact) mass is 301 g/mol. The van der Waals surface area contributed by atoms with Crippen LogP contribution in [-0.2, 0) is 11.3 Å². The third-order valence-corrected chi connectivity index (χ3v) is 3.74. The van der Waals surface area contributed by atoms with E-state index in [0.717, 1.165) is 4.88 Å². The lowest BCUT2D eigenvalue weighted by atomic mass is 10.2. The van der Waals surface area contributed by atoms with Crippen molar-refractivity contribution in [1.29, 1.82) is 0 Å². The average molecular weight is 302 g/mol. The first-order valence-corrected chi connectivity index (χ1v) is 6.60. The van der Waals surface area contributed by atoms with Crippen LogP contribution in [0, 0.1) is 0 Å². The standard InChI is InChI=1S/C12H9Cl2NO2S/c13-9-5-7(1-3-10(9)15)12(16)17-6-8-2-4-11(14)18-8/h1-5H,6,15H2. The number of thiophene rings is 1. The van der Waals surface area contributed by atoms with Gasteiger partial charge in [0.25, 0.3) is 0 Å². The van der Waals surface area contributed by atoms with Gasteiger partial charge in [0.05, 0.1) is 20.6 Å². The third kappa shape index (κ3) is 3.16. The van der Waals surface area contributed by atoms with E-state index in [1.54, 1.807) is 18.2 Å². The van der Waals surface area contributed by atoms with Gasteiger partial charge in [0.2, 0.25) is 0 Å². The van der Waals surface area contributed by atoms with E-state index in [1.165, 1.54) is 17.4 Å². The van der Waals surface area contributed by atoms with E-state index < -0.39 is 5.97 Å². The molecular weight excluding hydrogens is 293 g/mol. The molecule has 0 aliphatic heterocycles. The summed E-state index contributed by atoms with van der Waals surface area (Å²) < 4.78 is 5.80. The third-order valence-electron chi connectivity index (χ3n) is 2.21. The summed E-state index contributed by atoms with van der Waals surface area (Å²) in [6, 6.07) is 8.21. The van der Waals surface area contributed by atoms with Crippen LogP contribution < -0.4 is 5.73 Å². The molecule has 0 saturated heterocycles. The van der Waals surface area contributed by atoms with E-state index >= 15 is 0 Å². The zero-order chi connectivity index (χ0) is 13.1. The molecule has 6 heteroatoms. The topological polar surface area (TPSA) is 52.3 Å². The second kappa shape index (κ2) is 5.61. The van der Waals surface area contributed by atoms with Crippen LogP contribution in [0.2, 0.25) is 9.36 Å². The van der Waals surface area contributed by atoms with Gasteiger partial charge in [-0.3, -0.25) is 0 Å². The maximum absolute atomic E-state index is 11.7. The lowest BCUT2D eigenvalue weighted by Gasteiger charge is -2.04. The van der Waals surface area contributed by atoms with Crippen LogP contribution in [0.25, 0.3) is 0 Å². The summed E-state index contributed by atoms with van der Waals surface area (Å²) in [5.41, 5.74) is 6.36. The molecule has 0 fully saturated rings. The zero-order valence-corrected chi connectivity index (χ0v) is 11.5. The summed E-state index contributed by atoms with van der Waals surface area (Å²) >= 11 is 13.0. The molecule has 94 valence electrons. The Morgan fingerprint density at radius 3 is 2.67 bits per heavy atom. The number of hydrogen-bond donors (Lipinski definition) is 1. The van der Waals surface area contributed by atoms with Crippen LogP contribution in [-0.4, -0.2) is 5.97 Å². The number of esters is 1. The molecule has 0 radical (unpaired) electrons. The van der Waals surface area contributed by atoms with E-state index in [4.69, 9.17) is 33.7 Å². The maximum Gasteiger partial charge on any atom is 0.338 e. The molecule has 1 aromatic heterocycles.